The summed E-state index contributed by atoms with van der Waals surface area (Å²) in [6.45, 7) is 1.88. The van der Waals surface area contributed by atoms with Crippen LogP contribution in [-0.2, 0) is 11.3 Å². The molecule has 1 heterocycles. The Morgan fingerprint density at radius 3 is 2.48 bits per heavy atom. The molecule has 1 aliphatic rings. The highest BCUT2D eigenvalue weighted by molar-refractivity contribution is 5.68. The second-order valence-corrected chi connectivity index (χ2v) is 5.80. The Morgan fingerprint density at radius 1 is 1.08 bits per heavy atom. The van der Waals surface area contributed by atoms with Crippen LogP contribution in [0.1, 0.15) is 12.0 Å². The summed E-state index contributed by atoms with van der Waals surface area (Å²) in [6.07, 6.45) is -3.75. The zero-order chi connectivity index (χ0) is 17.9. The van der Waals surface area contributed by atoms with Gasteiger partial charge in [0.1, 0.15) is 11.6 Å². The first-order valence-corrected chi connectivity index (χ1v) is 7.88. The number of ether oxygens (including phenoxy) is 2. The van der Waals surface area contributed by atoms with Gasteiger partial charge in [0.05, 0.1) is 12.7 Å². The Labute approximate surface area is 142 Å². The highest BCUT2D eigenvalue weighted by Crippen LogP contribution is 2.29. The second-order valence-electron chi connectivity index (χ2n) is 5.80. The summed E-state index contributed by atoms with van der Waals surface area (Å²) < 4.78 is 60.0. The molecule has 0 aliphatic carbocycles. The van der Waals surface area contributed by atoms with E-state index >= 15 is 0 Å². The summed E-state index contributed by atoms with van der Waals surface area (Å²) in [7, 11) is 0. The van der Waals surface area contributed by atoms with Crippen LogP contribution in [0.5, 0.6) is 5.75 Å². The molecule has 1 saturated heterocycles. The Balaban J connectivity index is 1.78. The number of hydrogen-bond acceptors (Lipinski definition) is 3. The highest BCUT2D eigenvalue weighted by Gasteiger charge is 2.31. The summed E-state index contributed by atoms with van der Waals surface area (Å²) in [5, 5.41) is 3.19. The van der Waals surface area contributed by atoms with Crippen LogP contribution in [0, 0.1) is 5.82 Å². The molecule has 0 unspecified atom stereocenters. The minimum atomic E-state index is -4.73. The van der Waals surface area contributed by atoms with Gasteiger partial charge in [-0.15, -0.1) is 13.2 Å². The van der Waals surface area contributed by atoms with Crippen molar-refractivity contribution in [2.24, 2.45) is 0 Å². The number of nitrogens with one attached hydrogen (secondary N) is 1. The van der Waals surface area contributed by atoms with Crippen molar-refractivity contribution in [1.82, 2.24) is 5.32 Å². The fraction of sp³-hybridized carbons (Fsp3) is 0.333. The van der Waals surface area contributed by atoms with Crippen molar-refractivity contribution >= 4 is 0 Å². The van der Waals surface area contributed by atoms with E-state index in [4.69, 9.17) is 4.74 Å². The Morgan fingerprint density at radius 2 is 1.84 bits per heavy atom. The number of benzene rings is 2. The Kier molecular flexibility index (Phi) is 5.24. The van der Waals surface area contributed by atoms with Gasteiger partial charge in [0.25, 0.3) is 0 Å². The van der Waals surface area contributed by atoms with E-state index in [1.165, 1.54) is 36.4 Å². The van der Waals surface area contributed by atoms with Crippen molar-refractivity contribution in [3.63, 3.8) is 0 Å². The Hall–Kier alpha value is -2.12. The molecule has 1 atom stereocenters. The van der Waals surface area contributed by atoms with Gasteiger partial charge >= 0.3 is 6.36 Å². The number of alkyl halides is 3. The fourth-order valence-electron chi connectivity index (χ4n) is 2.78. The first-order chi connectivity index (χ1) is 11.9. The topological polar surface area (TPSA) is 30.5 Å². The van der Waals surface area contributed by atoms with Crippen LogP contribution in [0.3, 0.4) is 0 Å². The van der Waals surface area contributed by atoms with Gasteiger partial charge in [0, 0.05) is 6.54 Å². The number of halogens is 4. The maximum absolute atomic E-state index is 13.6. The molecule has 3 nitrogen and oxygen atoms in total. The molecule has 134 valence electrons. The largest absolute Gasteiger partial charge is 0.573 e. The van der Waals surface area contributed by atoms with E-state index < -0.39 is 6.36 Å². The molecule has 7 heteroatoms. The van der Waals surface area contributed by atoms with Crippen molar-refractivity contribution in [1.29, 1.82) is 0 Å². The summed E-state index contributed by atoms with van der Waals surface area (Å²) >= 11 is 0. The lowest BCUT2D eigenvalue weighted by atomic mass is 10.00. The van der Waals surface area contributed by atoms with E-state index in [1.54, 1.807) is 6.07 Å². The zero-order valence-electron chi connectivity index (χ0n) is 13.3. The van der Waals surface area contributed by atoms with Gasteiger partial charge in [-0.05, 0) is 53.9 Å². The highest BCUT2D eigenvalue weighted by atomic mass is 19.4. The lowest BCUT2D eigenvalue weighted by Crippen LogP contribution is -2.17. The summed E-state index contributed by atoms with van der Waals surface area (Å²) in [5.41, 5.74) is 2.03. The van der Waals surface area contributed by atoms with Gasteiger partial charge in [-0.3, -0.25) is 0 Å². The quantitative estimate of drug-likeness (QED) is 0.813. The van der Waals surface area contributed by atoms with Gasteiger partial charge in [-0.2, -0.15) is 0 Å². The van der Waals surface area contributed by atoms with Crippen molar-refractivity contribution < 1.29 is 27.0 Å². The standard InChI is InChI=1S/C18H17F4NO2/c19-14-3-6-17(13(9-14)11-24-16-7-8-23-10-16)12-1-4-15(5-2-12)25-18(20,21)22/h1-6,9,16,23H,7-8,10-11H2/t16-/m0/s1. The molecule has 1 fully saturated rings. The zero-order valence-corrected chi connectivity index (χ0v) is 13.3. The van der Waals surface area contributed by atoms with Gasteiger partial charge in [0.15, 0.2) is 0 Å². The lowest BCUT2D eigenvalue weighted by molar-refractivity contribution is -0.274. The Bertz CT molecular complexity index is 710. The van der Waals surface area contributed by atoms with Gasteiger partial charge < -0.3 is 14.8 Å². The minimum absolute atomic E-state index is 0.0821. The van der Waals surface area contributed by atoms with Crippen LogP contribution < -0.4 is 10.1 Å². The minimum Gasteiger partial charge on any atom is -0.406 e. The van der Waals surface area contributed by atoms with Gasteiger partial charge in [0.2, 0.25) is 0 Å². The number of hydrogen-bond donors (Lipinski definition) is 1. The normalized spacial score (nSPS) is 17.7. The van der Waals surface area contributed by atoms with Crippen molar-refractivity contribution in [3.8, 4) is 16.9 Å². The smallest absolute Gasteiger partial charge is 0.406 e. The third-order valence-electron chi connectivity index (χ3n) is 3.96. The van der Waals surface area contributed by atoms with Crippen LogP contribution in [0.15, 0.2) is 42.5 Å². The number of rotatable bonds is 5. The average molecular weight is 355 g/mol. The first-order valence-electron chi connectivity index (χ1n) is 7.88. The van der Waals surface area contributed by atoms with Gasteiger partial charge in [-0.25, -0.2) is 4.39 Å². The van der Waals surface area contributed by atoms with E-state index in [1.807, 2.05) is 0 Å². The molecule has 0 aromatic heterocycles. The molecule has 1 N–H and O–H groups in total. The monoisotopic (exact) mass is 355 g/mol. The van der Waals surface area contributed by atoms with Crippen LogP contribution in [-0.4, -0.2) is 25.6 Å². The molecule has 0 bridgehead atoms. The molecule has 0 saturated carbocycles. The van der Waals surface area contributed by atoms with Crippen LogP contribution in [0.2, 0.25) is 0 Å². The molecule has 0 radical (unpaired) electrons. The maximum atomic E-state index is 13.6. The van der Waals surface area contributed by atoms with E-state index in [2.05, 4.69) is 10.1 Å². The molecule has 1 aliphatic heterocycles. The second kappa shape index (κ2) is 7.41. The van der Waals surface area contributed by atoms with Crippen molar-refractivity contribution in [2.45, 2.75) is 25.5 Å². The molecule has 0 amide bonds. The third-order valence-corrected chi connectivity index (χ3v) is 3.96. The van der Waals surface area contributed by atoms with Crippen LogP contribution in [0.4, 0.5) is 17.6 Å². The molecular weight excluding hydrogens is 338 g/mol. The van der Waals surface area contributed by atoms with E-state index in [9.17, 15) is 17.6 Å². The first kappa shape index (κ1) is 17.7. The molecule has 25 heavy (non-hydrogen) atoms. The van der Waals surface area contributed by atoms with Crippen molar-refractivity contribution in [2.75, 3.05) is 13.1 Å². The fourth-order valence-corrected chi connectivity index (χ4v) is 2.78. The van der Waals surface area contributed by atoms with Gasteiger partial charge in [-0.1, -0.05) is 18.2 Å². The van der Waals surface area contributed by atoms with Crippen molar-refractivity contribution in [3.05, 3.63) is 53.8 Å². The average Bonchev–Trinajstić information content (AvgIpc) is 3.06. The molecular formula is C18H17F4NO2. The van der Waals surface area contributed by atoms with Crippen LogP contribution >= 0.6 is 0 Å². The van der Waals surface area contributed by atoms with E-state index in [0.717, 1.165) is 19.5 Å². The predicted octanol–water partition coefficient (Wildman–Crippen LogP) is 4.27. The SMILES string of the molecule is Fc1ccc(-c2ccc(OC(F)(F)F)cc2)c(CO[C@H]2CCNC2)c1. The molecule has 3 rings (SSSR count). The summed E-state index contributed by atoms with van der Waals surface area (Å²) in [4.78, 5) is 0. The van der Waals surface area contributed by atoms with E-state index in [0.29, 0.717) is 16.7 Å². The predicted molar refractivity (Wildman–Crippen MR) is 84.6 cm³/mol. The molecule has 2 aromatic carbocycles. The maximum Gasteiger partial charge on any atom is 0.573 e. The molecule has 2 aromatic rings. The summed E-state index contributed by atoms with van der Waals surface area (Å²) in [6, 6.07) is 9.79. The van der Waals surface area contributed by atoms with Crippen LogP contribution in [0.25, 0.3) is 11.1 Å². The third kappa shape index (κ3) is 4.93. The lowest BCUT2D eigenvalue weighted by Gasteiger charge is -2.15. The molecule has 0 spiro atoms. The summed E-state index contributed by atoms with van der Waals surface area (Å²) in [5.74, 6) is -0.683. The van der Waals surface area contributed by atoms with E-state index in [-0.39, 0.29) is 24.3 Å².